The summed E-state index contributed by atoms with van der Waals surface area (Å²) in [5.41, 5.74) is 4.69. The van der Waals surface area contributed by atoms with Crippen LogP contribution in [0, 0.1) is 13.8 Å². The highest BCUT2D eigenvalue weighted by Gasteiger charge is 2.38. The Morgan fingerprint density at radius 1 is 1.03 bits per heavy atom. The summed E-state index contributed by atoms with van der Waals surface area (Å²) in [6.07, 6.45) is 7.42. The molecule has 174 valence electrons. The number of likely N-dealkylation sites (tertiary alicyclic amines) is 1. The molecule has 1 amide bonds. The highest BCUT2D eigenvalue weighted by Crippen LogP contribution is 2.35. The smallest absolute Gasteiger partial charge is 0.223 e. The number of aromatic nitrogens is 2. The predicted molar refractivity (Wildman–Crippen MR) is 132 cm³/mol. The van der Waals surface area contributed by atoms with Gasteiger partial charge >= 0.3 is 0 Å². The Kier molecular flexibility index (Phi) is 6.39. The van der Waals surface area contributed by atoms with Gasteiger partial charge in [0.15, 0.2) is 0 Å². The quantitative estimate of drug-likeness (QED) is 0.414. The van der Waals surface area contributed by atoms with Crippen molar-refractivity contribution < 1.29 is 9.53 Å². The number of benzene rings is 2. The number of rotatable bonds is 8. The number of unbranched alkanes of at least 4 members (excludes halogenated alkanes) is 1. The van der Waals surface area contributed by atoms with Gasteiger partial charge in [0, 0.05) is 31.5 Å². The molecule has 0 spiro atoms. The van der Waals surface area contributed by atoms with Gasteiger partial charge in [-0.05, 0) is 68.9 Å². The van der Waals surface area contributed by atoms with Crippen LogP contribution in [0.25, 0.3) is 11.0 Å². The molecule has 5 nitrogen and oxygen atoms in total. The molecule has 1 saturated carbocycles. The molecule has 2 heterocycles. The Balaban J connectivity index is 1.26. The fourth-order valence-corrected chi connectivity index (χ4v) is 5.55. The van der Waals surface area contributed by atoms with Gasteiger partial charge in [0.2, 0.25) is 5.91 Å². The number of imidazole rings is 1. The topological polar surface area (TPSA) is 47.4 Å². The van der Waals surface area contributed by atoms with E-state index in [0.717, 1.165) is 55.9 Å². The zero-order valence-corrected chi connectivity index (χ0v) is 19.9. The largest absolute Gasteiger partial charge is 0.493 e. The first-order chi connectivity index (χ1) is 16.1. The van der Waals surface area contributed by atoms with E-state index in [1.54, 1.807) is 0 Å². The SMILES string of the molecule is Cc1cccc(OCCCCn2c(C3CC(=O)N(C4CCCC4)C3)nc3ccccc32)c1C. The van der Waals surface area contributed by atoms with E-state index in [9.17, 15) is 4.79 Å². The lowest BCUT2D eigenvalue weighted by Gasteiger charge is -2.24. The molecule has 0 bridgehead atoms. The molecular formula is C28H35N3O2. The van der Waals surface area contributed by atoms with Gasteiger partial charge in [0.25, 0.3) is 0 Å². The number of fused-ring (bicyclic) bond motifs is 1. The van der Waals surface area contributed by atoms with Crippen LogP contribution < -0.4 is 4.74 Å². The Labute approximate surface area is 196 Å². The van der Waals surface area contributed by atoms with E-state index in [0.29, 0.717) is 25.0 Å². The maximum absolute atomic E-state index is 12.8. The second-order valence-electron chi connectivity index (χ2n) is 9.75. The van der Waals surface area contributed by atoms with Gasteiger partial charge in [-0.15, -0.1) is 0 Å². The minimum atomic E-state index is 0.191. The van der Waals surface area contributed by atoms with Gasteiger partial charge in [-0.1, -0.05) is 37.1 Å². The fourth-order valence-electron chi connectivity index (χ4n) is 5.55. The minimum Gasteiger partial charge on any atom is -0.493 e. The fraction of sp³-hybridized carbons (Fsp3) is 0.500. The van der Waals surface area contributed by atoms with Gasteiger partial charge in [-0.2, -0.15) is 0 Å². The van der Waals surface area contributed by atoms with Crippen molar-refractivity contribution >= 4 is 16.9 Å². The highest BCUT2D eigenvalue weighted by molar-refractivity contribution is 5.81. The summed E-state index contributed by atoms with van der Waals surface area (Å²) >= 11 is 0. The summed E-state index contributed by atoms with van der Waals surface area (Å²) in [5, 5.41) is 0. The first-order valence-electron chi connectivity index (χ1n) is 12.6. The third kappa shape index (κ3) is 4.50. The summed E-state index contributed by atoms with van der Waals surface area (Å²) in [5.74, 6) is 2.57. The van der Waals surface area contributed by atoms with E-state index in [-0.39, 0.29) is 5.92 Å². The van der Waals surface area contributed by atoms with Crippen LogP contribution in [0.1, 0.15) is 67.8 Å². The summed E-state index contributed by atoms with van der Waals surface area (Å²) in [7, 11) is 0. The van der Waals surface area contributed by atoms with E-state index in [2.05, 4.69) is 59.7 Å². The monoisotopic (exact) mass is 445 g/mol. The van der Waals surface area contributed by atoms with Gasteiger partial charge in [-0.3, -0.25) is 4.79 Å². The van der Waals surface area contributed by atoms with Crippen molar-refractivity contribution in [1.29, 1.82) is 0 Å². The van der Waals surface area contributed by atoms with Crippen molar-refractivity contribution in [2.75, 3.05) is 13.2 Å². The number of carbonyl (C=O) groups excluding carboxylic acids is 1. The van der Waals surface area contributed by atoms with E-state index in [1.807, 2.05) is 6.07 Å². The number of carbonyl (C=O) groups is 1. The lowest BCUT2D eigenvalue weighted by Crippen LogP contribution is -2.34. The van der Waals surface area contributed by atoms with Crippen molar-refractivity contribution in [3.8, 4) is 5.75 Å². The van der Waals surface area contributed by atoms with Crippen LogP contribution in [0.15, 0.2) is 42.5 Å². The molecule has 3 aromatic rings. The third-order valence-electron chi connectivity index (χ3n) is 7.56. The molecule has 1 aliphatic heterocycles. The molecule has 1 unspecified atom stereocenters. The van der Waals surface area contributed by atoms with Gasteiger partial charge in [-0.25, -0.2) is 4.98 Å². The third-order valence-corrected chi connectivity index (χ3v) is 7.56. The first-order valence-corrected chi connectivity index (χ1v) is 12.6. The number of nitrogens with zero attached hydrogens (tertiary/aromatic N) is 3. The average Bonchev–Trinajstić information content (AvgIpc) is 3.55. The summed E-state index contributed by atoms with van der Waals surface area (Å²) < 4.78 is 8.43. The van der Waals surface area contributed by atoms with Gasteiger partial charge in [0.1, 0.15) is 11.6 Å². The normalized spacial score (nSPS) is 19.2. The molecule has 2 aliphatic rings. The Bertz CT molecular complexity index is 1130. The molecule has 1 saturated heterocycles. The Hall–Kier alpha value is -2.82. The van der Waals surface area contributed by atoms with Crippen molar-refractivity contribution in [3.63, 3.8) is 0 Å². The molecule has 1 aliphatic carbocycles. The van der Waals surface area contributed by atoms with Crippen molar-refractivity contribution in [2.24, 2.45) is 0 Å². The van der Waals surface area contributed by atoms with E-state index in [4.69, 9.17) is 9.72 Å². The van der Waals surface area contributed by atoms with Crippen LogP contribution in [-0.4, -0.2) is 39.6 Å². The number of hydrogen-bond donors (Lipinski definition) is 0. The number of aryl methyl sites for hydroxylation is 2. The number of amides is 1. The summed E-state index contributed by atoms with van der Waals surface area (Å²) in [4.78, 5) is 20.0. The second-order valence-corrected chi connectivity index (χ2v) is 9.75. The molecule has 2 fully saturated rings. The lowest BCUT2D eigenvalue weighted by atomic mass is 10.1. The zero-order valence-electron chi connectivity index (χ0n) is 19.9. The average molecular weight is 446 g/mol. The molecular weight excluding hydrogens is 410 g/mol. The molecule has 0 radical (unpaired) electrons. The maximum Gasteiger partial charge on any atom is 0.223 e. The van der Waals surface area contributed by atoms with E-state index in [1.165, 1.54) is 29.5 Å². The Morgan fingerprint density at radius 3 is 2.70 bits per heavy atom. The van der Waals surface area contributed by atoms with Crippen LogP contribution >= 0.6 is 0 Å². The van der Waals surface area contributed by atoms with Gasteiger partial charge < -0.3 is 14.2 Å². The van der Waals surface area contributed by atoms with Crippen LogP contribution in [0.3, 0.4) is 0 Å². The van der Waals surface area contributed by atoms with Crippen LogP contribution in [0.5, 0.6) is 5.75 Å². The molecule has 2 aromatic carbocycles. The molecule has 5 rings (SSSR count). The standard InChI is InChI=1S/C28H35N3O2/c1-20-10-9-15-26(21(20)2)33-17-8-7-16-30-25-14-6-5-13-24(25)29-28(30)22-18-27(32)31(19-22)23-11-3-4-12-23/h5-6,9-10,13-15,22-23H,3-4,7-8,11-12,16-19H2,1-2H3. The summed E-state index contributed by atoms with van der Waals surface area (Å²) in [6, 6.07) is 15.0. The van der Waals surface area contributed by atoms with Crippen LogP contribution in [0.4, 0.5) is 0 Å². The van der Waals surface area contributed by atoms with E-state index >= 15 is 0 Å². The number of ether oxygens (including phenoxy) is 1. The Morgan fingerprint density at radius 2 is 1.85 bits per heavy atom. The van der Waals surface area contributed by atoms with Crippen molar-refractivity contribution in [2.45, 2.75) is 77.3 Å². The number of para-hydroxylation sites is 2. The van der Waals surface area contributed by atoms with Crippen molar-refractivity contribution in [1.82, 2.24) is 14.5 Å². The molecule has 33 heavy (non-hydrogen) atoms. The van der Waals surface area contributed by atoms with Gasteiger partial charge in [0.05, 0.1) is 17.6 Å². The zero-order chi connectivity index (χ0) is 22.8. The second kappa shape index (κ2) is 9.58. The lowest BCUT2D eigenvalue weighted by molar-refractivity contribution is -0.129. The first kappa shape index (κ1) is 22.0. The minimum absolute atomic E-state index is 0.191. The van der Waals surface area contributed by atoms with Crippen LogP contribution in [-0.2, 0) is 11.3 Å². The predicted octanol–water partition coefficient (Wildman–Crippen LogP) is 5.77. The molecule has 1 atom stereocenters. The molecule has 5 heteroatoms. The molecule has 0 N–H and O–H groups in total. The maximum atomic E-state index is 12.8. The highest BCUT2D eigenvalue weighted by atomic mass is 16.5. The molecule has 1 aromatic heterocycles. The van der Waals surface area contributed by atoms with Crippen LogP contribution in [0.2, 0.25) is 0 Å². The van der Waals surface area contributed by atoms with E-state index < -0.39 is 0 Å². The summed E-state index contributed by atoms with van der Waals surface area (Å²) in [6.45, 7) is 6.67. The number of hydrogen-bond acceptors (Lipinski definition) is 3. The van der Waals surface area contributed by atoms with Crippen molar-refractivity contribution in [3.05, 3.63) is 59.4 Å².